The second-order valence-electron chi connectivity index (χ2n) is 6.98. The molecule has 5 rings (SSSR count). The lowest BCUT2D eigenvalue weighted by atomic mass is 10.1. The van der Waals surface area contributed by atoms with Gasteiger partial charge in [0.2, 0.25) is 5.95 Å². The normalized spacial score (nSPS) is 11.2. The standard InChI is InChI=1S/C20H20N10O/c1-28-10-16(9-25-28)15-4-2-3-14(7-15)8-21-18-17-5-6-30(19(17)23-11-22-18)27-20-26-24-12-29(20)13-31/h2-7,9-12,31H,8,13H2,1H3,(H,26,27)(H,21,22,23). The summed E-state index contributed by atoms with van der Waals surface area (Å²) < 4.78 is 4.97. The topological polar surface area (TPSA) is 124 Å². The minimum atomic E-state index is -0.228. The van der Waals surface area contributed by atoms with Crippen molar-refractivity contribution in [3.63, 3.8) is 0 Å². The van der Waals surface area contributed by atoms with Crippen LogP contribution in [0, 0.1) is 0 Å². The number of aliphatic hydroxyl groups is 1. The van der Waals surface area contributed by atoms with E-state index >= 15 is 0 Å². The molecule has 0 spiro atoms. The molecule has 1 aromatic carbocycles. The van der Waals surface area contributed by atoms with E-state index in [-0.39, 0.29) is 6.73 Å². The Hall–Kier alpha value is -4.25. The van der Waals surface area contributed by atoms with Gasteiger partial charge in [0.15, 0.2) is 5.65 Å². The fraction of sp³-hybridized carbons (Fsp3) is 0.150. The van der Waals surface area contributed by atoms with Gasteiger partial charge >= 0.3 is 0 Å². The van der Waals surface area contributed by atoms with Crippen molar-refractivity contribution in [3.05, 3.63) is 67.1 Å². The van der Waals surface area contributed by atoms with Gasteiger partial charge in [-0.15, -0.1) is 10.2 Å². The third-order valence-electron chi connectivity index (χ3n) is 4.89. The first kappa shape index (κ1) is 18.8. The van der Waals surface area contributed by atoms with E-state index in [0.29, 0.717) is 18.1 Å². The van der Waals surface area contributed by atoms with Crippen LogP contribution in [0.25, 0.3) is 22.2 Å². The SMILES string of the molecule is Cn1cc(-c2cccc(CNc3ncnc4c3ccn4Nc3nncn3CO)c2)cn1. The highest BCUT2D eigenvalue weighted by Crippen LogP contribution is 2.23. The summed E-state index contributed by atoms with van der Waals surface area (Å²) in [7, 11) is 1.91. The van der Waals surface area contributed by atoms with E-state index in [1.54, 1.807) is 9.36 Å². The maximum Gasteiger partial charge on any atom is 0.245 e. The van der Waals surface area contributed by atoms with Crippen molar-refractivity contribution in [1.29, 1.82) is 0 Å². The highest BCUT2D eigenvalue weighted by molar-refractivity contribution is 5.87. The van der Waals surface area contributed by atoms with Crippen molar-refractivity contribution in [2.24, 2.45) is 7.05 Å². The van der Waals surface area contributed by atoms with Crippen LogP contribution in [0.2, 0.25) is 0 Å². The third-order valence-corrected chi connectivity index (χ3v) is 4.89. The summed E-state index contributed by atoms with van der Waals surface area (Å²) in [5.41, 5.74) is 7.07. The number of aliphatic hydroxyl groups excluding tert-OH is 1. The molecule has 0 saturated heterocycles. The number of hydrogen-bond donors (Lipinski definition) is 3. The molecule has 0 aliphatic carbocycles. The second-order valence-corrected chi connectivity index (χ2v) is 6.98. The molecule has 5 aromatic rings. The van der Waals surface area contributed by atoms with Crippen molar-refractivity contribution in [3.8, 4) is 11.1 Å². The molecule has 31 heavy (non-hydrogen) atoms. The minimum absolute atomic E-state index is 0.228. The number of anilines is 2. The molecule has 0 fully saturated rings. The predicted molar refractivity (Wildman–Crippen MR) is 115 cm³/mol. The number of benzene rings is 1. The summed E-state index contributed by atoms with van der Waals surface area (Å²) in [6, 6.07) is 10.2. The smallest absolute Gasteiger partial charge is 0.245 e. The Morgan fingerprint density at radius 3 is 2.90 bits per heavy atom. The second kappa shape index (κ2) is 7.88. The molecule has 4 heterocycles. The Kier molecular flexibility index (Phi) is 4.77. The zero-order valence-corrected chi connectivity index (χ0v) is 16.7. The first-order valence-corrected chi connectivity index (χ1v) is 9.61. The lowest BCUT2D eigenvalue weighted by molar-refractivity contribution is 0.211. The molecule has 11 nitrogen and oxygen atoms in total. The van der Waals surface area contributed by atoms with Crippen LogP contribution < -0.4 is 10.7 Å². The number of aromatic nitrogens is 8. The van der Waals surface area contributed by atoms with E-state index in [2.05, 4.69) is 54.2 Å². The average molecular weight is 416 g/mol. The molecule has 0 aliphatic rings. The summed E-state index contributed by atoms with van der Waals surface area (Å²) in [5, 5.41) is 25.6. The van der Waals surface area contributed by atoms with Gasteiger partial charge in [0.05, 0.1) is 11.6 Å². The van der Waals surface area contributed by atoms with Crippen LogP contribution in [-0.2, 0) is 20.3 Å². The molecule has 0 amide bonds. The van der Waals surface area contributed by atoms with E-state index in [0.717, 1.165) is 27.9 Å². The Morgan fingerprint density at radius 1 is 1.13 bits per heavy atom. The molecule has 11 heteroatoms. The summed E-state index contributed by atoms with van der Waals surface area (Å²) in [6.07, 6.45) is 8.62. The van der Waals surface area contributed by atoms with Crippen LogP contribution >= 0.6 is 0 Å². The van der Waals surface area contributed by atoms with E-state index in [1.807, 2.05) is 37.8 Å². The van der Waals surface area contributed by atoms with Gasteiger partial charge in [0, 0.05) is 31.5 Å². The quantitative estimate of drug-likeness (QED) is 0.367. The van der Waals surface area contributed by atoms with Gasteiger partial charge in [-0.2, -0.15) is 5.10 Å². The van der Waals surface area contributed by atoms with Gasteiger partial charge in [0.1, 0.15) is 25.2 Å². The highest BCUT2D eigenvalue weighted by Gasteiger charge is 2.11. The van der Waals surface area contributed by atoms with E-state index in [9.17, 15) is 5.11 Å². The number of nitrogens with zero attached hydrogens (tertiary/aromatic N) is 8. The third kappa shape index (κ3) is 3.69. The number of nitrogens with one attached hydrogen (secondary N) is 2. The maximum atomic E-state index is 9.36. The molecular formula is C20H20N10O. The van der Waals surface area contributed by atoms with Crippen molar-refractivity contribution >= 4 is 22.8 Å². The Labute approximate surface area is 177 Å². The van der Waals surface area contributed by atoms with Crippen molar-refractivity contribution in [2.75, 3.05) is 10.7 Å². The molecular weight excluding hydrogens is 396 g/mol. The zero-order chi connectivity index (χ0) is 21.2. The Balaban J connectivity index is 1.36. The molecule has 0 bridgehead atoms. The van der Waals surface area contributed by atoms with Gasteiger partial charge < -0.3 is 10.4 Å². The molecule has 3 N–H and O–H groups in total. The molecule has 0 aliphatic heterocycles. The highest BCUT2D eigenvalue weighted by atomic mass is 16.3. The largest absolute Gasteiger partial charge is 0.376 e. The molecule has 156 valence electrons. The number of fused-ring (bicyclic) bond motifs is 1. The molecule has 0 radical (unpaired) electrons. The van der Waals surface area contributed by atoms with Gasteiger partial charge in [-0.1, -0.05) is 18.2 Å². The van der Waals surface area contributed by atoms with E-state index < -0.39 is 0 Å². The van der Waals surface area contributed by atoms with Crippen LogP contribution in [0.4, 0.5) is 11.8 Å². The van der Waals surface area contributed by atoms with Crippen molar-refractivity contribution in [2.45, 2.75) is 13.3 Å². The van der Waals surface area contributed by atoms with Gasteiger partial charge in [-0.05, 0) is 23.3 Å². The lowest BCUT2D eigenvalue weighted by Crippen LogP contribution is -2.13. The van der Waals surface area contributed by atoms with Gasteiger partial charge in [-0.3, -0.25) is 14.7 Å². The Bertz CT molecular complexity index is 1330. The van der Waals surface area contributed by atoms with Crippen LogP contribution in [0.1, 0.15) is 5.56 Å². The van der Waals surface area contributed by atoms with E-state index in [1.165, 1.54) is 17.2 Å². The Morgan fingerprint density at radius 2 is 2.06 bits per heavy atom. The fourth-order valence-corrected chi connectivity index (χ4v) is 3.35. The summed E-state index contributed by atoms with van der Waals surface area (Å²) in [4.78, 5) is 8.77. The molecule has 0 atom stereocenters. The molecule has 0 unspecified atom stereocenters. The van der Waals surface area contributed by atoms with Crippen LogP contribution in [0.15, 0.2) is 61.6 Å². The van der Waals surface area contributed by atoms with Crippen molar-refractivity contribution < 1.29 is 5.11 Å². The first-order chi connectivity index (χ1) is 15.2. The van der Waals surface area contributed by atoms with E-state index in [4.69, 9.17) is 0 Å². The monoisotopic (exact) mass is 416 g/mol. The average Bonchev–Trinajstić information content (AvgIpc) is 3.53. The fourth-order valence-electron chi connectivity index (χ4n) is 3.35. The molecule has 0 saturated carbocycles. The molecule has 4 aromatic heterocycles. The van der Waals surface area contributed by atoms with Gasteiger partial charge in [-0.25, -0.2) is 14.6 Å². The van der Waals surface area contributed by atoms with Crippen LogP contribution in [0.5, 0.6) is 0 Å². The number of rotatable bonds is 7. The lowest BCUT2D eigenvalue weighted by Gasteiger charge is -2.10. The van der Waals surface area contributed by atoms with Gasteiger partial charge in [0.25, 0.3) is 0 Å². The van der Waals surface area contributed by atoms with Crippen LogP contribution in [0.3, 0.4) is 0 Å². The van der Waals surface area contributed by atoms with Crippen molar-refractivity contribution in [1.82, 2.24) is 39.2 Å². The first-order valence-electron chi connectivity index (χ1n) is 9.61. The number of aryl methyl sites for hydroxylation is 1. The summed E-state index contributed by atoms with van der Waals surface area (Å²) in [6.45, 7) is 0.381. The number of hydrogen-bond acceptors (Lipinski definition) is 8. The summed E-state index contributed by atoms with van der Waals surface area (Å²) in [5.74, 6) is 1.13. The predicted octanol–water partition coefficient (Wildman–Crippen LogP) is 1.86. The summed E-state index contributed by atoms with van der Waals surface area (Å²) >= 11 is 0. The van der Waals surface area contributed by atoms with Crippen LogP contribution in [-0.4, -0.2) is 44.3 Å². The maximum absolute atomic E-state index is 9.36. The minimum Gasteiger partial charge on any atom is -0.376 e. The zero-order valence-electron chi connectivity index (χ0n) is 16.7.